The molecule has 1 fully saturated rings. The molecule has 1 aromatic heterocycles. The Bertz CT molecular complexity index is 546. The van der Waals surface area contributed by atoms with E-state index in [1.54, 1.807) is 6.92 Å². The van der Waals surface area contributed by atoms with Crippen LogP contribution in [0.4, 0.5) is 5.82 Å². The fourth-order valence-electron chi connectivity index (χ4n) is 2.69. The van der Waals surface area contributed by atoms with Crippen LogP contribution < -0.4 is 5.32 Å². The Balaban J connectivity index is 1.99. The molecule has 0 bridgehead atoms. The number of hydrogen-bond donors (Lipinski definition) is 2. The van der Waals surface area contributed by atoms with E-state index >= 15 is 0 Å². The molecule has 5 nitrogen and oxygen atoms in total. The summed E-state index contributed by atoms with van der Waals surface area (Å²) in [5.74, 6) is 1.10. The average molecular weight is 302 g/mol. The van der Waals surface area contributed by atoms with Crippen molar-refractivity contribution in [2.24, 2.45) is 0 Å². The topological polar surface area (TPSA) is 75.1 Å². The highest BCUT2D eigenvalue weighted by molar-refractivity contribution is 7.85. The number of nitrogens with zero attached hydrogens (tertiary/aromatic N) is 2. The number of aliphatic hydroxyl groups excluding tert-OH is 1. The Morgan fingerprint density at radius 1 is 1.47 bits per heavy atom. The van der Waals surface area contributed by atoms with Crippen molar-refractivity contribution in [3.05, 3.63) is 11.0 Å². The Morgan fingerprint density at radius 3 is 2.79 bits per heavy atom. The number of fused-ring (bicyclic) bond motifs is 1. The van der Waals surface area contributed by atoms with Crippen molar-refractivity contribution in [3.63, 3.8) is 0 Å². The van der Waals surface area contributed by atoms with E-state index in [-0.39, 0.29) is 10.8 Å². The van der Waals surface area contributed by atoms with Gasteiger partial charge in [-0.05, 0) is 37.8 Å². The maximum absolute atomic E-state index is 12.0. The first-order valence-corrected chi connectivity index (χ1v) is 8.12. The molecule has 0 amide bonds. The Kier molecular flexibility index (Phi) is 3.27. The number of nitrogens with one attached hydrogen (secondary N) is 1. The highest BCUT2D eigenvalue weighted by Gasteiger charge is 2.43. The van der Waals surface area contributed by atoms with Gasteiger partial charge in [0.25, 0.3) is 0 Å². The summed E-state index contributed by atoms with van der Waals surface area (Å²) < 4.78 is 12.0. The zero-order valence-corrected chi connectivity index (χ0v) is 12.2. The number of aliphatic hydroxyl groups is 1. The molecule has 19 heavy (non-hydrogen) atoms. The highest BCUT2D eigenvalue weighted by atomic mass is 35.5. The van der Waals surface area contributed by atoms with E-state index in [4.69, 9.17) is 11.6 Å². The molecule has 0 saturated heterocycles. The summed E-state index contributed by atoms with van der Waals surface area (Å²) in [4.78, 5) is 8.99. The summed E-state index contributed by atoms with van der Waals surface area (Å²) in [6, 6.07) is 0. The normalized spacial score (nSPS) is 25.5. The molecule has 104 valence electrons. The number of hydrogen-bond acceptors (Lipinski definition) is 5. The van der Waals surface area contributed by atoms with Crippen LogP contribution >= 0.6 is 11.6 Å². The monoisotopic (exact) mass is 301 g/mol. The van der Waals surface area contributed by atoms with Crippen LogP contribution in [-0.4, -0.2) is 36.7 Å². The van der Waals surface area contributed by atoms with Crippen molar-refractivity contribution in [3.8, 4) is 0 Å². The number of anilines is 1. The minimum absolute atomic E-state index is 0.167. The van der Waals surface area contributed by atoms with Crippen LogP contribution in [0.25, 0.3) is 0 Å². The number of halogens is 1. The van der Waals surface area contributed by atoms with Gasteiger partial charge in [-0.25, -0.2) is 4.98 Å². The zero-order valence-electron chi connectivity index (χ0n) is 10.6. The summed E-state index contributed by atoms with van der Waals surface area (Å²) in [5, 5.41) is 13.4. The van der Waals surface area contributed by atoms with Gasteiger partial charge in [0.15, 0.2) is 0 Å². The van der Waals surface area contributed by atoms with E-state index in [1.165, 1.54) is 0 Å². The van der Waals surface area contributed by atoms with Gasteiger partial charge in [-0.1, -0.05) is 0 Å². The molecule has 2 heterocycles. The average Bonchev–Trinajstić information content (AvgIpc) is 2.64. The van der Waals surface area contributed by atoms with Crippen LogP contribution in [-0.2, 0) is 17.2 Å². The molecular weight excluding hydrogens is 286 g/mol. The molecule has 0 radical (unpaired) electrons. The minimum atomic E-state index is -1.07. The summed E-state index contributed by atoms with van der Waals surface area (Å²) in [6.07, 6.45) is 3.02. The number of rotatable bonds is 3. The predicted molar refractivity (Wildman–Crippen MR) is 73.9 cm³/mol. The summed E-state index contributed by atoms with van der Waals surface area (Å²) in [6.45, 7) is 1.77. The Morgan fingerprint density at radius 2 is 2.21 bits per heavy atom. The van der Waals surface area contributed by atoms with E-state index in [0.29, 0.717) is 22.9 Å². The molecule has 1 aliphatic heterocycles. The summed E-state index contributed by atoms with van der Waals surface area (Å²) >= 11 is 5.92. The van der Waals surface area contributed by atoms with E-state index in [2.05, 4.69) is 15.3 Å². The zero-order chi connectivity index (χ0) is 13.6. The first kappa shape index (κ1) is 13.3. The van der Waals surface area contributed by atoms with Crippen LogP contribution in [0.5, 0.6) is 0 Å². The van der Waals surface area contributed by atoms with Crippen LogP contribution in [0.15, 0.2) is 4.90 Å². The molecule has 3 rings (SSSR count). The predicted octanol–water partition coefficient (Wildman–Crippen LogP) is 1.51. The first-order valence-electron chi connectivity index (χ1n) is 6.43. The van der Waals surface area contributed by atoms with Crippen molar-refractivity contribution >= 4 is 28.2 Å². The van der Waals surface area contributed by atoms with Gasteiger partial charge in [-0.2, -0.15) is 4.98 Å². The Labute approximate surface area is 119 Å². The van der Waals surface area contributed by atoms with Crippen molar-refractivity contribution < 1.29 is 9.32 Å². The lowest BCUT2D eigenvalue weighted by atomic mass is 9.73. The lowest BCUT2D eigenvalue weighted by Gasteiger charge is -2.45. The molecular formula is C12H16ClN3O2S. The fraction of sp³-hybridized carbons (Fsp3) is 0.667. The third kappa shape index (κ3) is 2.15. The molecule has 2 aliphatic rings. The molecule has 1 aromatic rings. The van der Waals surface area contributed by atoms with Crippen molar-refractivity contribution in [1.29, 1.82) is 0 Å². The quantitative estimate of drug-likeness (QED) is 0.828. The summed E-state index contributed by atoms with van der Waals surface area (Å²) in [5.41, 5.74) is 0.402. The Hall–Kier alpha value is -0.720. The minimum Gasteiger partial charge on any atom is -0.391 e. The van der Waals surface area contributed by atoms with E-state index in [9.17, 15) is 9.32 Å². The van der Waals surface area contributed by atoms with Crippen molar-refractivity contribution in [2.75, 3.05) is 11.1 Å². The smallest absolute Gasteiger partial charge is 0.224 e. The third-order valence-electron chi connectivity index (χ3n) is 4.07. The van der Waals surface area contributed by atoms with Gasteiger partial charge in [0.05, 0.1) is 28.1 Å². The maximum atomic E-state index is 12.0. The number of aromatic nitrogens is 2. The third-order valence-corrected chi connectivity index (χ3v) is 5.70. The van der Waals surface area contributed by atoms with Crippen molar-refractivity contribution in [2.45, 2.75) is 49.1 Å². The maximum Gasteiger partial charge on any atom is 0.224 e. The molecule has 2 unspecified atom stereocenters. The molecule has 7 heteroatoms. The van der Waals surface area contributed by atoms with Gasteiger partial charge in [-0.15, -0.1) is 0 Å². The van der Waals surface area contributed by atoms with E-state index in [1.807, 2.05) is 0 Å². The van der Waals surface area contributed by atoms with Crippen LogP contribution in [0.3, 0.4) is 0 Å². The van der Waals surface area contributed by atoms with Gasteiger partial charge < -0.3 is 10.4 Å². The van der Waals surface area contributed by atoms with Gasteiger partial charge >= 0.3 is 0 Å². The molecule has 1 saturated carbocycles. The van der Waals surface area contributed by atoms with Crippen LogP contribution in [0, 0.1) is 0 Å². The fourth-order valence-corrected chi connectivity index (χ4v) is 4.18. The van der Waals surface area contributed by atoms with Gasteiger partial charge in [0.2, 0.25) is 5.28 Å². The molecule has 1 aliphatic carbocycles. The second-order valence-corrected chi connectivity index (χ2v) is 7.07. The summed E-state index contributed by atoms with van der Waals surface area (Å²) in [7, 11) is -1.07. The first-order chi connectivity index (χ1) is 9.02. The van der Waals surface area contributed by atoms with Crippen LogP contribution in [0.2, 0.25) is 5.28 Å². The van der Waals surface area contributed by atoms with Crippen molar-refractivity contribution in [1.82, 2.24) is 9.97 Å². The van der Waals surface area contributed by atoms with Gasteiger partial charge in [0, 0.05) is 12.2 Å². The standard InChI is InChI=1S/C12H16ClN3O2S/c1-7(17)12(4-2-5-12)16-10-9-8(3-6-19(9)18)14-11(13)15-10/h7,17H,2-6H2,1H3,(H,14,15,16). The molecule has 0 aromatic carbocycles. The highest BCUT2D eigenvalue weighted by Crippen LogP contribution is 2.40. The second kappa shape index (κ2) is 4.68. The SMILES string of the molecule is CC(O)C1(Nc2nc(Cl)nc3c2S(=O)CC3)CCC1. The van der Waals surface area contributed by atoms with E-state index < -0.39 is 16.9 Å². The largest absolute Gasteiger partial charge is 0.391 e. The lowest BCUT2D eigenvalue weighted by molar-refractivity contribution is 0.0631. The molecule has 0 spiro atoms. The lowest BCUT2D eigenvalue weighted by Crippen LogP contribution is -2.53. The van der Waals surface area contributed by atoms with Gasteiger partial charge in [0.1, 0.15) is 10.7 Å². The van der Waals surface area contributed by atoms with E-state index in [0.717, 1.165) is 25.0 Å². The van der Waals surface area contributed by atoms with Gasteiger partial charge in [-0.3, -0.25) is 4.21 Å². The molecule has 2 N–H and O–H groups in total. The van der Waals surface area contributed by atoms with Crippen LogP contribution in [0.1, 0.15) is 31.9 Å². The second-order valence-electron chi connectivity index (χ2n) is 5.23. The number of aryl methyl sites for hydroxylation is 1. The molecule has 2 atom stereocenters.